The van der Waals surface area contributed by atoms with Crippen LogP contribution in [0.3, 0.4) is 0 Å². The van der Waals surface area contributed by atoms with Crippen molar-refractivity contribution < 1.29 is 13.9 Å². The second kappa shape index (κ2) is 4.35. The van der Waals surface area contributed by atoms with Crippen molar-refractivity contribution in [1.82, 2.24) is 0 Å². The van der Waals surface area contributed by atoms with Crippen LogP contribution in [-0.2, 0) is 9.53 Å². The Morgan fingerprint density at radius 1 is 1.41 bits per heavy atom. The molecule has 0 atom stereocenters. The van der Waals surface area contributed by atoms with Crippen LogP contribution >= 0.6 is 0 Å². The molecule has 0 saturated heterocycles. The van der Waals surface area contributed by atoms with E-state index in [4.69, 9.17) is 4.74 Å². The first-order valence-corrected chi connectivity index (χ1v) is 5.68. The summed E-state index contributed by atoms with van der Waals surface area (Å²) in [4.78, 5) is 11.8. The van der Waals surface area contributed by atoms with Crippen LogP contribution in [0.2, 0.25) is 0 Å². The van der Waals surface area contributed by atoms with Gasteiger partial charge in [0.05, 0.1) is 7.11 Å². The van der Waals surface area contributed by atoms with E-state index in [1.165, 1.54) is 19.2 Å². The van der Waals surface area contributed by atoms with Crippen LogP contribution in [0.5, 0.6) is 0 Å². The number of carbonyl (C=O) groups excluding carboxylic acids is 1. The summed E-state index contributed by atoms with van der Waals surface area (Å²) in [5.41, 5.74) is 0.107. The van der Waals surface area contributed by atoms with Gasteiger partial charge in [-0.2, -0.15) is 0 Å². The van der Waals surface area contributed by atoms with Crippen molar-refractivity contribution in [3.8, 4) is 0 Å². The fourth-order valence-corrected chi connectivity index (χ4v) is 2.45. The molecule has 1 fully saturated rings. The van der Waals surface area contributed by atoms with E-state index >= 15 is 0 Å². The average Bonchev–Trinajstić information content (AvgIpc) is 2.28. The summed E-state index contributed by atoms with van der Waals surface area (Å²) in [6.07, 6.45) is 1.49. The van der Waals surface area contributed by atoms with Gasteiger partial charge in [-0.1, -0.05) is 6.92 Å². The van der Waals surface area contributed by atoms with Crippen molar-refractivity contribution in [3.05, 3.63) is 30.1 Å². The number of halogens is 1. The minimum atomic E-state index is -0.633. The van der Waals surface area contributed by atoms with Crippen molar-refractivity contribution in [3.63, 3.8) is 0 Å². The van der Waals surface area contributed by atoms with Gasteiger partial charge in [0.2, 0.25) is 0 Å². The number of hydrogen-bond acceptors (Lipinski definition) is 3. The molecule has 1 aliphatic rings. The van der Waals surface area contributed by atoms with Gasteiger partial charge in [0.15, 0.2) is 0 Å². The Balaban J connectivity index is 2.14. The monoisotopic (exact) mass is 237 g/mol. The molecule has 0 spiro atoms. The van der Waals surface area contributed by atoms with Crippen molar-refractivity contribution in [2.75, 3.05) is 12.4 Å². The van der Waals surface area contributed by atoms with E-state index in [0.717, 1.165) is 18.5 Å². The van der Waals surface area contributed by atoms with Crippen molar-refractivity contribution in [1.29, 1.82) is 0 Å². The lowest BCUT2D eigenvalue weighted by molar-refractivity contribution is -0.150. The molecule has 0 aliphatic heterocycles. The molecule has 0 radical (unpaired) electrons. The van der Waals surface area contributed by atoms with E-state index in [-0.39, 0.29) is 11.8 Å². The van der Waals surface area contributed by atoms with Gasteiger partial charge >= 0.3 is 5.97 Å². The number of hydrogen-bond donors (Lipinski definition) is 1. The number of methoxy groups -OCH3 is 1. The molecule has 2 rings (SSSR count). The summed E-state index contributed by atoms with van der Waals surface area (Å²) >= 11 is 0. The molecule has 17 heavy (non-hydrogen) atoms. The van der Waals surface area contributed by atoms with Crippen LogP contribution in [0.25, 0.3) is 0 Å². The minimum absolute atomic E-state index is 0.250. The Morgan fingerprint density at radius 2 is 2.00 bits per heavy atom. The predicted octanol–water partition coefficient (Wildman–Crippen LogP) is 2.58. The fraction of sp³-hybridized carbons (Fsp3) is 0.462. The molecule has 0 aromatic heterocycles. The summed E-state index contributed by atoms with van der Waals surface area (Å²) in [6, 6.07) is 6.00. The minimum Gasteiger partial charge on any atom is -0.467 e. The van der Waals surface area contributed by atoms with E-state index in [2.05, 4.69) is 12.2 Å². The Morgan fingerprint density at radius 3 is 2.47 bits per heavy atom. The molecule has 1 saturated carbocycles. The standard InChI is InChI=1S/C13H16FNO2/c1-9-7-13(8-9,12(16)17-2)15-11-5-3-10(14)4-6-11/h3-6,9,15H,7-8H2,1-2H3. The normalized spacial score (nSPS) is 27.1. The van der Waals surface area contributed by atoms with Gasteiger partial charge in [-0.3, -0.25) is 0 Å². The molecule has 0 unspecified atom stereocenters. The molecule has 1 N–H and O–H groups in total. The number of anilines is 1. The second-order valence-corrected chi connectivity index (χ2v) is 4.72. The zero-order chi connectivity index (χ0) is 12.5. The summed E-state index contributed by atoms with van der Waals surface area (Å²) in [5.74, 6) is -0.0355. The van der Waals surface area contributed by atoms with Crippen molar-refractivity contribution in [2.24, 2.45) is 5.92 Å². The predicted molar refractivity (Wildman–Crippen MR) is 63.2 cm³/mol. The average molecular weight is 237 g/mol. The van der Waals surface area contributed by atoms with Crippen molar-refractivity contribution >= 4 is 11.7 Å². The maximum Gasteiger partial charge on any atom is 0.331 e. The zero-order valence-electron chi connectivity index (χ0n) is 10.00. The molecule has 0 heterocycles. The molecule has 1 aliphatic carbocycles. The van der Waals surface area contributed by atoms with Crippen LogP contribution in [0.4, 0.5) is 10.1 Å². The molecule has 1 aromatic rings. The number of rotatable bonds is 3. The third kappa shape index (κ3) is 2.25. The Kier molecular flexibility index (Phi) is 3.05. The highest BCUT2D eigenvalue weighted by Crippen LogP contribution is 2.41. The van der Waals surface area contributed by atoms with E-state index in [9.17, 15) is 9.18 Å². The van der Waals surface area contributed by atoms with Crippen LogP contribution in [0.1, 0.15) is 19.8 Å². The Labute approximate surface area is 100.0 Å². The van der Waals surface area contributed by atoms with Gasteiger partial charge < -0.3 is 10.1 Å². The summed E-state index contributed by atoms with van der Waals surface area (Å²) in [6.45, 7) is 2.09. The highest BCUT2D eigenvalue weighted by Gasteiger charge is 2.49. The van der Waals surface area contributed by atoms with Crippen LogP contribution in [0, 0.1) is 11.7 Å². The SMILES string of the molecule is COC(=O)C1(Nc2ccc(F)cc2)CC(C)C1. The maximum absolute atomic E-state index is 12.8. The first kappa shape index (κ1) is 11.9. The van der Waals surface area contributed by atoms with Crippen molar-refractivity contribution in [2.45, 2.75) is 25.3 Å². The molecule has 92 valence electrons. The van der Waals surface area contributed by atoms with E-state index in [1.807, 2.05) is 0 Å². The van der Waals surface area contributed by atoms with Crippen LogP contribution in [-0.4, -0.2) is 18.6 Å². The Hall–Kier alpha value is -1.58. The number of esters is 1. The van der Waals surface area contributed by atoms with Crippen LogP contribution < -0.4 is 5.32 Å². The maximum atomic E-state index is 12.8. The molecular formula is C13H16FNO2. The fourth-order valence-electron chi connectivity index (χ4n) is 2.45. The highest BCUT2D eigenvalue weighted by atomic mass is 19.1. The summed E-state index contributed by atoms with van der Waals surface area (Å²) < 4.78 is 17.6. The third-order valence-electron chi connectivity index (χ3n) is 3.20. The molecule has 0 bridgehead atoms. The third-order valence-corrected chi connectivity index (χ3v) is 3.20. The largest absolute Gasteiger partial charge is 0.467 e. The second-order valence-electron chi connectivity index (χ2n) is 4.72. The molecule has 0 amide bonds. The van der Waals surface area contributed by atoms with Crippen LogP contribution in [0.15, 0.2) is 24.3 Å². The zero-order valence-corrected chi connectivity index (χ0v) is 10.00. The summed E-state index contributed by atoms with van der Waals surface area (Å²) in [7, 11) is 1.39. The number of carbonyl (C=O) groups is 1. The lowest BCUT2D eigenvalue weighted by Gasteiger charge is -2.44. The number of nitrogens with one attached hydrogen (secondary N) is 1. The lowest BCUT2D eigenvalue weighted by Crippen LogP contribution is -2.56. The topological polar surface area (TPSA) is 38.3 Å². The van der Waals surface area contributed by atoms with Gasteiger partial charge in [0.1, 0.15) is 11.4 Å². The van der Waals surface area contributed by atoms with Gasteiger partial charge in [-0.15, -0.1) is 0 Å². The van der Waals surface area contributed by atoms with Gasteiger partial charge in [-0.25, -0.2) is 9.18 Å². The van der Waals surface area contributed by atoms with E-state index in [1.54, 1.807) is 12.1 Å². The molecule has 4 heteroatoms. The molecule has 3 nitrogen and oxygen atoms in total. The number of ether oxygens (including phenoxy) is 1. The first-order valence-electron chi connectivity index (χ1n) is 5.68. The first-order chi connectivity index (χ1) is 8.05. The highest BCUT2D eigenvalue weighted by molar-refractivity contribution is 5.85. The lowest BCUT2D eigenvalue weighted by atomic mass is 9.69. The smallest absolute Gasteiger partial charge is 0.331 e. The van der Waals surface area contributed by atoms with E-state index < -0.39 is 5.54 Å². The molecular weight excluding hydrogens is 221 g/mol. The number of benzene rings is 1. The molecule has 1 aromatic carbocycles. The van der Waals surface area contributed by atoms with Gasteiger partial charge in [0.25, 0.3) is 0 Å². The van der Waals surface area contributed by atoms with Gasteiger partial charge in [0, 0.05) is 5.69 Å². The van der Waals surface area contributed by atoms with E-state index in [0.29, 0.717) is 5.92 Å². The summed E-state index contributed by atoms with van der Waals surface area (Å²) in [5, 5.41) is 3.16. The Bertz CT molecular complexity index is 410. The quantitative estimate of drug-likeness (QED) is 0.821. The van der Waals surface area contributed by atoms with Gasteiger partial charge in [-0.05, 0) is 43.0 Å².